The van der Waals surface area contributed by atoms with Gasteiger partial charge in [-0.25, -0.2) is 4.39 Å². The summed E-state index contributed by atoms with van der Waals surface area (Å²) in [4.78, 5) is 0. The number of nitrogens with one attached hydrogen (secondary N) is 1. The van der Waals surface area contributed by atoms with Crippen molar-refractivity contribution >= 4 is 0 Å². The Hall–Kier alpha value is -1.09. The van der Waals surface area contributed by atoms with E-state index in [1.54, 1.807) is 6.92 Å². The normalized spacial score (nSPS) is 21.6. The number of aromatic hydroxyl groups is 1. The van der Waals surface area contributed by atoms with Gasteiger partial charge in [-0.05, 0) is 44.0 Å². The van der Waals surface area contributed by atoms with E-state index in [2.05, 4.69) is 5.32 Å². The first kappa shape index (κ1) is 10.4. The molecule has 2 rings (SSSR count). The fourth-order valence-corrected chi connectivity index (χ4v) is 2.19. The number of aryl methyl sites for hydroxylation is 1. The van der Waals surface area contributed by atoms with E-state index in [9.17, 15) is 9.50 Å². The molecule has 2 nitrogen and oxygen atoms in total. The number of rotatable bonds is 1. The van der Waals surface area contributed by atoms with E-state index in [-0.39, 0.29) is 17.5 Å². The van der Waals surface area contributed by atoms with Crippen molar-refractivity contribution in [3.8, 4) is 5.75 Å². The van der Waals surface area contributed by atoms with Crippen LogP contribution in [0.1, 0.15) is 29.9 Å². The molecule has 0 amide bonds. The molecule has 1 aromatic rings. The highest BCUT2D eigenvalue weighted by Gasteiger charge is 2.19. The van der Waals surface area contributed by atoms with Crippen LogP contribution in [0.25, 0.3) is 0 Å². The van der Waals surface area contributed by atoms with Crippen LogP contribution in [-0.4, -0.2) is 18.2 Å². The second kappa shape index (κ2) is 4.19. The van der Waals surface area contributed by atoms with Gasteiger partial charge in [-0.1, -0.05) is 0 Å². The lowest BCUT2D eigenvalue weighted by Gasteiger charge is -2.24. The summed E-state index contributed by atoms with van der Waals surface area (Å²) in [6.07, 6.45) is 2.10. The molecule has 3 heteroatoms. The molecule has 1 fully saturated rings. The predicted molar refractivity (Wildman–Crippen MR) is 57.6 cm³/mol. The molecule has 0 bridgehead atoms. The summed E-state index contributed by atoms with van der Waals surface area (Å²) < 4.78 is 13.2. The SMILES string of the molecule is Cc1cc(F)cc(C2CCCNC2)c1O. The summed E-state index contributed by atoms with van der Waals surface area (Å²) in [7, 11) is 0. The van der Waals surface area contributed by atoms with Crippen molar-refractivity contribution in [1.29, 1.82) is 0 Å². The van der Waals surface area contributed by atoms with Crippen LogP contribution in [0, 0.1) is 12.7 Å². The first-order valence-electron chi connectivity index (χ1n) is 5.38. The lowest BCUT2D eigenvalue weighted by atomic mass is 9.90. The molecule has 1 aliphatic rings. The molecule has 0 saturated carbocycles. The Morgan fingerprint density at radius 1 is 1.47 bits per heavy atom. The van der Waals surface area contributed by atoms with Gasteiger partial charge >= 0.3 is 0 Å². The summed E-state index contributed by atoms with van der Waals surface area (Å²) in [5.74, 6) is 0.240. The molecule has 1 heterocycles. The Morgan fingerprint density at radius 2 is 2.27 bits per heavy atom. The predicted octanol–water partition coefficient (Wildman–Crippen LogP) is 2.31. The Kier molecular flexibility index (Phi) is 2.91. The molecule has 0 spiro atoms. The number of hydrogen-bond donors (Lipinski definition) is 2. The second-order valence-electron chi connectivity index (χ2n) is 4.20. The number of piperidine rings is 1. The van der Waals surface area contributed by atoms with Gasteiger partial charge in [0.05, 0.1) is 0 Å². The number of hydrogen-bond acceptors (Lipinski definition) is 2. The van der Waals surface area contributed by atoms with Gasteiger partial charge in [-0.15, -0.1) is 0 Å². The molecular formula is C12H16FNO. The van der Waals surface area contributed by atoms with E-state index < -0.39 is 0 Å². The second-order valence-corrected chi connectivity index (χ2v) is 4.20. The van der Waals surface area contributed by atoms with Crippen LogP contribution in [-0.2, 0) is 0 Å². The van der Waals surface area contributed by atoms with Crippen molar-refractivity contribution in [2.24, 2.45) is 0 Å². The quantitative estimate of drug-likeness (QED) is 0.744. The van der Waals surface area contributed by atoms with Crippen LogP contribution < -0.4 is 5.32 Å². The lowest BCUT2D eigenvalue weighted by Crippen LogP contribution is -2.28. The average molecular weight is 209 g/mol. The van der Waals surface area contributed by atoms with Crippen molar-refractivity contribution in [3.63, 3.8) is 0 Å². The zero-order chi connectivity index (χ0) is 10.8. The van der Waals surface area contributed by atoms with Crippen LogP contribution in [0.2, 0.25) is 0 Å². The van der Waals surface area contributed by atoms with E-state index in [4.69, 9.17) is 0 Å². The highest BCUT2D eigenvalue weighted by molar-refractivity contribution is 5.42. The van der Waals surface area contributed by atoms with E-state index in [0.717, 1.165) is 31.5 Å². The minimum Gasteiger partial charge on any atom is -0.507 e. The minimum atomic E-state index is -0.258. The first-order valence-corrected chi connectivity index (χ1v) is 5.38. The molecule has 2 N–H and O–H groups in total. The fourth-order valence-electron chi connectivity index (χ4n) is 2.19. The van der Waals surface area contributed by atoms with Crippen molar-refractivity contribution < 1.29 is 9.50 Å². The van der Waals surface area contributed by atoms with E-state index in [1.165, 1.54) is 12.1 Å². The molecule has 1 aromatic carbocycles. The number of halogens is 1. The first-order chi connectivity index (χ1) is 7.18. The van der Waals surface area contributed by atoms with Gasteiger partial charge in [0.1, 0.15) is 11.6 Å². The maximum atomic E-state index is 13.2. The molecule has 82 valence electrons. The van der Waals surface area contributed by atoms with Gasteiger partial charge in [-0.3, -0.25) is 0 Å². The van der Waals surface area contributed by atoms with Crippen LogP contribution in [0.5, 0.6) is 5.75 Å². The van der Waals surface area contributed by atoms with Crippen molar-refractivity contribution in [3.05, 3.63) is 29.1 Å². The van der Waals surface area contributed by atoms with Crippen molar-refractivity contribution in [1.82, 2.24) is 5.32 Å². The standard InChI is InChI=1S/C12H16FNO/c1-8-5-10(13)6-11(12(8)15)9-3-2-4-14-7-9/h5-6,9,14-15H,2-4,7H2,1H3. The Labute approximate surface area is 89.1 Å². The molecule has 1 aliphatic heterocycles. The number of phenolic OH excluding ortho intramolecular Hbond substituents is 1. The maximum absolute atomic E-state index is 13.2. The molecule has 0 aromatic heterocycles. The highest BCUT2D eigenvalue weighted by atomic mass is 19.1. The largest absolute Gasteiger partial charge is 0.507 e. The zero-order valence-corrected chi connectivity index (χ0v) is 8.89. The van der Waals surface area contributed by atoms with Crippen molar-refractivity contribution in [2.45, 2.75) is 25.7 Å². The van der Waals surface area contributed by atoms with Crippen LogP contribution in [0.3, 0.4) is 0 Å². The minimum absolute atomic E-state index is 0.244. The average Bonchev–Trinajstić information content (AvgIpc) is 2.24. The number of phenols is 1. The molecule has 1 unspecified atom stereocenters. The lowest BCUT2D eigenvalue weighted by molar-refractivity contribution is 0.420. The van der Waals surface area contributed by atoms with Gasteiger partial charge in [0.25, 0.3) is 0 Å². The third-order valence-electron chi connectivity index (χ3n) is 3.03. The smallest absolute Gasteiger partial charge is 0.124 e. The summed E-state index contributed by atoms with van der Waals surface area (Å²) in [5, 5.41) is 13.1. The fraction of sp³-hybridized carbons (Fsp3) is 0.500. The third-order valence-corrected chi connectivity index (χ3v) is 3.03. The van der Waals surface area contributed by atoms with Gasteiger partial charge in [0.15, 0.2) is 0 Å². The van der Waals surface area contributed by atoms with Gasteiger partial charge in [0, 0.05) is 18.0 Å². The third kappa shape index (κ3) is 2.12. The van der Waals surface area contributed by atoms with Gasteiger partial charge in [0.2, 0.25) is 0 Å². The molecule has 0 aliphatic carbocycles. The molecule has 15 heavy (non-hydrogen) atoms. The van der Waals surface area contributed by atoms with E-state index >= 15 is 0 Å². The Morgan fingerprint density at radius 3 is 2.93 bits per heavy atom. The maximum Gasteiger partial charge on any atom is 0.124 e. The summed E-state index contributed by atoms with van der Waals surface area (Å²) in [6, 6.07) is 2.83. The number of benzene rings is 1. The molecular weight excluding hydrogens is 193 g/mol. The summed E-state index contributed by atoms with van der Waals surface area (Å²) in [6.45, 7) is 3.58. The summed E-state index contributed by atoms with van der Waals surface area (Å²) >= 11 is 0. The molecule has 1 atom stereocenters. The van der Waals surface area contributed by atoms with Crippen molar-refractivity contribution in [2.75, 3.05) is 13.1 Å². The molecule has 1 saturated heterocycles. The summed E-state index contributed by atoms with van der Waals surface area (Å²) in [5.41, 5.74) is 1.37. The zero-order valence-electron chi connectivity index (χ0n) is 8.89. The highest BCUT2D eigenvalue weighted by Crippen LogP contribution is 2.33. The monoisotopic (exact) mass is 209 g/mol. The van der Waals surface area contributed by atoms with Crippen LogP contribution in [0.4, 0.5) is 4.39 Å². The van der Waals surface area contributed by atoms with E-state index in [0.29, 0.717) is 5.56 Å². The van der Waals surface area contributed by atoms with Crippen LogP contribution >= 0.6 is 0 Å². The molecule has 0 radical (unpaired) electrons. The van der Waals surface area contributed by atoms with Gasteiger partial charge < -0.3 is 10.4 Å². The Balaban J connectivity index is 2.33. The van der Waals surface area contributed by atoms with Gasteiger partial charge in [-0.2, -0.15) is 0 Å². The topological polar surface area (TPSA) is 32.3 Å². The van der Waals surface area contributed by atoms with Crippen LogP contribution in [0.15, 0.2) is 12.1 Å². The Bertz CT molecular complexity index is 359. The van der Waals surface area contributed by atoms with E-state index in [1.807, 2.05) is 0 Å².